The molecule has 1 fully saturated rings. The molecule has 6 heteroatoms. The molecule has 2 heterocycles. The zero-order valence-corrected chi connectivity index (χ0v) is 10.6. The normalized spacial score (nSPS) is 22.3. The summed E-state index contributed by atoms with van der Waals surface area (Å²) in [5.41, 5.74) is 1.86. The van der Waals surface area contributed by atoms with E-state index in [1.165, 1.54) is 0 Å². The van der Waals surface area contributed by atoms with E-state index in [0.717, 1.165) is 17.8 Å². The lowest BCUT2D eigenvalue weighted by molar-refractivity contribution is 0.596. The van der Waals surface area contributed by atoms with Gasteiger partial charge in [0.25, 0.3) is 0 Å². The molecular weight excluding hydrogens is 238 g/mol. The Hall–Kier alpha value is -1.30. The van der Waals surface area contributed by atoms with Gasteiger partial charge in [-0.15, -0.1) is 0 Å². The maximum Gasteiger partial charge on any atom is 0.150 e. The van der Waals surface area contributed by atoms with Gasteiger partial charge in [0, 0.05) is 13.6 Å². The molecule has 0 saturated carbocycles. The third kappa shape index (κ3) is 3.33. The number of anilines is 2. The minimum atomic E-state index is -2.78. The minimum absolute atomic E-state index is 0.221. The summed E-state index contributed by atoms with van der Waals surface area (Å²) in [7, 11) is -0.943. The maximum atomic E-state index is 11.3. The molecule has 0 radical (unpaired) electrons. The molecule has 0 bridgehead atoms. The zero-order valence-electron chi connectivity index (χ0n) is 9.81. The molecule has 17 heavy (non-hydrogen) atoms. The Kier molecular flexibility index (Phi) is 3.51. The lowest BCUT2D eigenvalue weighted by atomic mass is 10.1. The van der Waals surface area contributed by atoms with Crippen molar-refractivity contribution < 1.29 is 8.42 Å². The van der Waals surface area contributed by atoms with E-state index in [1.54, 1.807) is 12.4 Å². The number of aromatic nitrogens is 1. The average molecular weight is 255 g/mol. The van der Waals surface area contributed by atoms with Crippen molar-refractivity contribution in [1.82, 2.24) is 4.98 Å². The Bertz CT molecular complexity index is 487. The molecular formula is C11H17N3O2S. The molecule has 5 nitrogen and oxygen atoms in total. The molecule has 2 rings (SSSR count). The van der Waals surface area contributed by atoms with Gasteiger partial charge in [0.2, 0.25) is 0 Å². The molecule has 1 aromatic rings. The second-order valence-electron chi connectivity index (χ2n) is 4.36. The first-order valence-electron chi connectivity index (χ1n) is 5.66. The van der Waals surface area contributed by atoms with Crippen LogP contribution in [0.2, 0.25) is 0 Å². The van der Waals surface area contributed by atoms with Crippen molar-refractivity contribution in [2.45, 2.75) is 6.42 Å². The lowest BCUT2D eigenvalue weighted by Gasteiger charge is -2.11. The Labute approximate surface area is 102 Å². The number of sulfone groups is 1. The van der Waals surface area contributed by atoms with E-state index in [-0.39, 0.29) is 5.92 Å². The summed E-state index contributed by atoms with van der Waals surface area (Å²) in [4.78, 5) is 4.09. The predicted molar refractivity (Wildman–Crippen MR) is 69.0 cm³/mol. The van der Waals surface area contributed by atoms with Crippen molar-refractivity contribution in [1.29, 1.82) is 0 Å². The van der Waals surface area contributed by atoms with Gasteiger partial charge in [0.1, 0.15) is 0 Å². The van der Waals surface area contributed by atoms with Gasteiger partial charge in [-0.25, -0.2) is 8.42 Å². The highest BCUT2D eigenvalue weighted by molar-refractivity contribution is 7.91. The number of pyridine rings is 1. The third-order valence-electron chi connectivity index (χ3n) is 2.95. The highest BCUT2D eigenvalue weighted by Gasteiger charge is 2.27. The van der Waals surface area contributed by atoms with Crippen LogP contribution in [0.25, 0.3) is 0 Å². The molecule has 1 atom stereocenters. The largest absolute Gasteiger partial charge is 0.387 e. The Balaban J connectivity index is 1.90. The van der Waals surface area contributed by atoms with Crippen molar-refractivity contribution >= 4 is 21.2 Å². The van der Waals surface area contributed by atoms with Crippen molar-refractivity contribution in [2.75, 3.05) is 35.7 Å². The van der Waals surface area contributed by atoms with Crippen LogP contribution in [-0.4, -0.2) is 38.5 Å². The van der Waals surface area contributed by atoms with Crippen molar-refractivity contribution in [3.05, 3.63) is 18.5 Å². The molecule has 1 aromatic heterocycles. The first-order valence-corrected chi connectivity index (χ1v) is 7.48. The van der Waals surface area contributed by atoms with Gasteiger partial charge in [-0.2, -0.15) is 0 Å². The Morgan fingerprint density at radius 1 is 1.41 bits per heavy atom. The Morgan fingerprint density at radius 3 is 2.82 bits per heavy atom. The lowest BCUT2D eigenvalue weighted by Crippen LogP contribution is -2.15. The molecule has 0 aromatic carbocycles. The van der Waals surface area contributed by atoms with Gasteiger partial charge in [0.15, 0.2) is 9.84 Å². The van der Waals surface area contributed by atoms with Crippen LogP contribution >= 0.6 is 0 Å². The summed E-state index contributed by atoms with van der Waals surface area (Å²) in [6.45, 7) is 0.689. The van der Waals surface area contributed by atoms with Crippen LogP contribution in [0, 0.1) is 5.92 Å². The van der Waals surface area contributed by atoms with Crippen LogP contribution in [0.5, 0.6) is 0 Å². The maximum absolute atomic E-state index is 11.3. The number of hydrogen-bond acceptors (Lipinski definition) is 5. The summed E-state index contributed by atoms with van der Waals surface area (Å²) in [5, 5.41) is 6.24. The van der Waals surface area contributed by atoms with Gasteiger partial charge in [-0.05, 0) is 18.4 Å². The van der Waals surface area contributed by atoms with Crippen molar-refractivity contribution in [3.63, 3.8) is 0 Å². The van der Waals surface area contributed by atoms with E-state index in [2.05, 4.69) is 15.6 Å². The quantitative estimate of drug-likeness (QED) is 0.839. The molecule has 1 aliphatic rings. The fraction of sp³-hybridized carbons (Fsp3) is 0.545. The van der Waals surface area contributed by atoms with E-state index in [9.17, 15) is 8.42 Å². The van der Waals surface area contributed by atoms with Crippen LogP contribution < -0.4 is 10.6 Å². The first kappa shape index (κ1) is 12.2. The van der Waals surface area contributed by atoms with E-state index < -0.39 is 9.84 Å². The van der Waals surface area contributed by atoms with Gasteiger partial charge in [-0.1, -0.05) is 0 Å². The minimum Gasteiger partial charge on any atom is -0.387 e. The van der Waals surface area contributed by atoms with Crippen LogP contribution in [-0.2, 0) is 9.84 Å². The Morgan fingerprint density at radius 2 is 2.18 bits per heavy atom. The molecule has 1 aliphatic heterocycles. The summed E-state index contributed by atoms with van der Waals surface area (Å²) >= 11 is 0. The number of hydrogen-bond donors (Lipinski definition) is 2. The van der Waals surface area contributed by atoms with E-state index in [0.29, 0.717) is 18.1 Å². The molecule has 0 aliphatic carbocycles. The second kappa shape index (κ2) is 4.91. The van der Waals surface area contributed by atoms with E-state index in [4.69, 9.17) is 0 Å². The molecule has 2 N–H and O–H groups in total. The predicted octanol–water partition coefficient (Wildman–Crippen LogP) is 0.970. The van der Waals surface area contributed by atoms with Crippen molar-refractivity contribution in [2.24, 2.45) is 5.92 Å². The number of rotatable bonds is 4. The summed E-state index contributed by atoms with van der Waals surface area (Å²) in [6, 6.07) is 1.95. The highest BCUT2D eigenvalue weighted by atomic mass is 32.2. The molecule has 94 valence electrons. The fourth-order valence-electron chi connectivity index (χ4n) is 1.97. The molecule has 1 unspecified atom stereocenters. The smallest absolute Gasteiger partial charge is 0.150 e. The summed E-state index contributed by atoms with van der Waals surface area (Å²) in [5.74, 6) is 0.853. The third-order valence-corrected chi connectivity index (χ3v) is 4.79. The monoisotopic (exact) mass is 255 g/mol. The van der Waals surface area contributed by atoms with Gasteiger partial charge in [-0.3, -0.25) is 4.98 Å². The van der Waals surface area contributed by atoms with Gasteiger partial charge in [0.05, 0.1) is 35.3 Å². The highest BCUT2D eigenvalue weighted by Crippen LogP contribution is 2.19. The topological polar surface area (TPSA) is 71.1 Å². The average Bonchev–Trinajstić information content (AvgIpc) is 2.67. The van der Waals surface area contributed by atoms with E-state index >= 15 is 0 Å². The number of nitrogens with zero attached hydrogens (tertiary/aromatic N) is 1. The van der Waals surface area contributed by atoms with Gasteiger partial charge >= 0.3 is 0 Å². The fourth-order valence-corrected chi connectivity index (χ4v) is 3.83. The van der Waals surface area contributed by atoms with Crippen molar-refractivity contribution in [3.8, 4) is 0 Å². The summed E-state index contributed by atoms with van der Waals surface area (Å²) < 4.78 is 22.6. The molecule has 0 amide bonds. The standard InChI is InChI=1S/C11H17N3O2S/c1-12-10-4-11(7-13-6-10)14-5-9-2-3-17(15,16)8-9/h4,6-7,9,12,14H,2-3,5,8H2,1H3. The first-order chi connectivity index (χ1) is 8.09. The number of nitrogens with one attached hydrogen (secondary N) is 2. The van der Waals surface area contributed by atoms with E-state index in [1.807, 2.05) is 13.1 Å². The van der Waals surface area contributed by atoms with Crippen LogP contribution in [0.3, 0.4) is 0 Å². The SMILES string of the molecule is CNc1cncc(NCC2CCS(=O)(=O)C2)c1. The van der Waals surface area contributed by atoms with Crippen LogP contribution in [0.1, 0.15) is 6.42 Å². The van der Waals surface area contributed by atoms with Crippen LogP contribution in [0.15, 0.2) is 18.5 Å². The van der Waals surface area contributed by atoms with Gasteiger partial charge < -0.3 is 10.6 Å². The van der Waals surface area contributed by atoms with Crippen LogP contribution in [0.4, 0.5) is 11.4 Å². The zero-order chi connectivity index (χ0) is 12.3. The second-order valence-corrected chi connectivity index (χ2v) is 6.59. The summed E-state index contributed by atoms with van der Waals surface area (Å²) in [6.07, 6.45) is 4.24. The molecule has 0 spiro atoms. The molecule has 1 saturated heterocycles.